The third-order valence-electron chi connectivity index (χ3n) is 4.47. The molecule has 0 bridgehead atoms. The van der Waals surface area contributed by atoms with E-state index in [0.717, 1.165) is 24.2 Å². The first kappa shape index (κ1) is 13.3. The van der Waals surface area contributed by atoms with E-state index in [9.17, 15) is 0 Å². The molecule has 2 fully saturated rings. The number of hydrogen-bond acceptors (Lipinski definition) is 5. The molecule has 1 saturated heterocycles. The Labute approximate surface area is 119 Å². The molecule has 2 unspecified atom stereocenters. The molecule has 19 heavy (non-hydrogen) atoms. The van der Waals surface area contributed by atoms with Crippen LogP contribution in [-0.4, -0.2) is 24.7 Å². The summed E-state index contributed by atoms with van der Waals surface area (Å²) in [6.07, 6.45) is 6.83. The maximum atomic E-state index is 5.83. The molecule has 106 valence electrons. The first-order valence-corrected chi connectivity index (χ1v) is 8.09. The lowest BCUT2D eigenvalue weighted by Gasteiger charge is -2.37. The molecule has 2 aliphatic rings. The van der Waals surface area contributed by atoms with E-state index in [0.29, 0.717) is 13.2 Å². The van der Waals surface area contributed by atoms with Gasteiger partial charge in [-0.15, -0.1) is 11.3 Å². The van der Waals surface area contributed by atoms with E-state index in [2.05, 4.69) is 4.90 Å². The molecule has 1 aliphatic heterocycles. The number of aromatic nitrogens is 1. The Bertz CT molecular complexity index is 434. The molecule has 3 rings (SSSR count). The number of anilines is 1. The van der Waals surface area contributed by atoms with Gasteiger partial charge in [0.15, 0.2) is 5.13 Å². The Hall–Kier alpha value is -0.650. The maximum Gasteiger partial charge on any atom is 0.186 e. The predicted molar refractivity (Wildman–Crippen MR) is 78.4 cm³/mol. The van der Waals surface area contributed by atoms with Crippen LogP contribution < -0.4 is 10.6 Å². The normalized spacial score (nSPS) is 26.7. The second kappa shape index (κ2) is 5.77. The summed E-state index contributed by atoms with van der Waals surface area (Å²) in [7, 11) is 1.72. The Morgan fingerprint density at radius 3 is 3.00 bits per heavy atom. The van der Waals surface area contributed by atoms with Crippen LogP contribution in [0, 0.1) is 5.92 Å². The summed E-state index contributed by atoms with van der Waals surface area (Å²) < 4.78 is 5.23. The monoisotopic (exact) mass is 281 g/mol. The number of thiazole rings is 1. The van der Waals surface area contributed by atoms with E-state index in [4.69, 9.17) is 15.5 Å². The summed E-state index contributed by atoms with van der Waals surface area (Å²) in [5.74, 6) is 0.893. The lowest BCUT2D eigenvalue weighted by atomic mass is 9.92. The minimum atomic E-state index is 0.568. The zero-order valence-corrected chi connectivity index (χ0v) is 12.4. The highest BCUT2D eigenvalue weighted by Gasteiger charge is 2.36. The summed E-state index contributed by atoms with van der Waals surface area (Å²) in [5, 5.41) is 1.17. The highest BCUT2D eigenvalue weighted by atomic mass is 32.1. The van der Waals surface area contributed by atoms with Crippen LogP contribution in [0.5, 0.6) is 0 Å². The molecule has 0 radical (unpaired) electrons. The van der Waals surface area contributed by atoms with Crippen LogP contribution in [0.4, 0.5) is 5.13 Å². The summed E-state index contributed by atoms with van der Waals surface area (Å²) in [6.45, 7) is 2.30. The standard InChI is InChI=1S/C14H23N3OS/c1-18-9-11-13(8-15)19-14(16-11)17-7-3-5-10-4-2-6-12(10)17/h10,12H,2-9,15H2,1H3. The van der Waals surface area contributed by atoms with E-state index in [1.165, 1.54) is 42.1 Å². The highest BCUT2D eigenvalue weighted by molar-refractivity contribution is 7.15. The number of rotatable bonds is 4. The van der Waals surface area contributed by atoms with Gasteiger partial charge in [0.1, 0.15) is 0 Å². The van der Waals surface area contributed by atoms with Gasteiger partial charge in [-0.1, -0.05) is 6.42 Å². The third-order valence-corrected chi connectivity index (χ3v) is 5.63. The molecule has 2 N–H and O–H groups in total. The molecule has 1 aliphatic carbocycles. The van der Waals surface area contributed by atoms with Gasteiger partial charge in [0.2, 0.25) is 0 Å². The Kier molecular flexibility index (Phi) is 4.05. The first-order chi connectivity index (χ1) is 9.33. The van der Waals surface area contributed by atoms with Crippen molar-refractivity contribution in [3.8, 4) is 0 Å². The van der Waals surface area contributed by atoms with Gasteiger partial charge in [-0.05, 0) is 31.6 Å². The Morgan fingerprint density at radius 2 is 2.21 bits per heavy atom. The fraction of sp³-hybridized carbons (Fsp3) is 0.786. The van der Waals surface area contributed by atoms with Gasteiger partial charge in [0.25, 0.3) is 0 Å². The molecule has 1 saturated carbocycles. The number of ether oxygens (including phenoxy) is 1. The van der Waals surface area contributed by atoms with Gasteiger partial charge in [-0.2, -0.15) is 0 Å². The van der Waals surface area contributed by atoms with E-state index in [-0.39, 0.29) is 0 Å². The summed E-state index contributed by atoms with van der Waals surface area (Å²) in [6, 6.07) is 0.723. The van der Waals surface area contributed by atoms with Crippen LogP contribution in [0.15, 0.2) is 0 Å². The number of piperidine rings is 1. The number of hydrogen-bond donors (Lipinski definition) is 1. The van der Waals surface area contributed by atoms with Crippen molar-refractivity contribution in [1.82, 2.24) is 4.98 Å². The molecule has 2 atom stereocenters. The van der Waals surface area contributed by atoms with Crippen molar-refractivity contribution >= 4 is 16.5 Å². The largest absolute Gasteiger partial charge is 0.378 e. The van der Waals surface area contributed by atoms with Crippen molar-refractivity contribution < 1.29 is 4.74 Å². The average Bonchev–Trinajstić information content (AvgIpc) is 3.04. The van der Waals surface area contributed by atoms with Crippen molar-refractivity contribution in [1.29, 1.82) is 0 Å². The lowest BCUT2D eigenvalue weighted by molar-refractivity contribution is 0.181. The van der Waals surface area contributed by atoms with Gasteiger partial charge >= 0.3 is 0 Å². The minimum Gasteiger partial charge on any atom is -0.378 e. The van der Waals surface area contributed by atoms with E-state index >= 15 is 0 Å². The van der Waals surface area contributed by atoms with E-state index in [1.54, 1.807) is 18.4 Å². The summed E-state index contributed by atoms with van der Waals surface area (Å²) >= 11 is 1.76. The topological polar surface area (TPSA) is 51.4 Å². The van der Waals surface area contributed by atoms with Gasteiger partial charge in [-0.3, -0.25) is 0 Å². The number of fused-ring (bicyclic) bond motifs is 1. The zero-order valence-electron chi connectivity index (χ0n) is 11.6. The van der Waals surface area contributed by atoms with Crippen LogP contribution >= 0.6 is 11.3 Å². The fourth-order valence-corrected chi connectivity index (χ4v) is 4.62. The number of nitrogens with two attached hydrogens (primary N) is 1. The Balaban J connectivity index is 1.84. The first-order valence-electron chi connectivity index (χ1n) is 7.27. The van der Waals surface area contributed by atoms with Crippen molar-refractivity contribution in [3.63, 3.8) is 0 Å². The molecule has 0 amide bonds. The van der Waals surface area contributed by atoms with Crippen molar-refractivity contribution in [2.24, 2.45) is 11.7 Å². The lowest BCUT2D eigenvalue weighted by Crippen LogP contribution is -2.42. The van der Waals surface area contributed by atoms with E-state index < -0.39 is 0 Å². The molecule has 4 nitrogen and oxygen atoms in total. The van der Waals surface area contributed by atoms with Crippen molar-refractivity contribution in [2.45, 2.75) is 51.3 Å². The predicted octanol–water partition coefficient (Wildman–Crippen LogP) is 2.52. The summed E-state index contributed by atoms with van der Waals surface area (Å²) in [5.41, 5.74) is 6.86. The van der Waals surface area contributed by atoms with Crippen LogP contribution in [0.25, 0.3) is 0 Å². The molecule has 0 spiro atoms. The molecular weight excluding hydrogens is 258 g/mol. The van der Waals surface area contributed by atoms with Crippen molar-refractivity contribution in [2.75, 3.05) is 18.6 Å². The second-order valence-corrected chi connectivity index (χ2v) is 6.66. The van der Waals surface area contributed by atoms with E-state index in [1.807, 2.05) is 0 Å². The molecule has 5 heteroatoms. The van der Waals surface area contributed by atoms with Gasteiger partial charge in [0.05, 0.1) is 12.3 Å². The molecule has 1 aromatic rings. The van der Waals surface area contributed by atoms with Gasteiger partial charge in [0, 0.05) is 31.1 Å². The molecule has 0 aromatic carbocycles. The van der Waals surface area contributed by atoms with Crippen LogP contribution in [0.1, 0.15) is 42.7 Å². The molecule has 1 aromatic heterocycles. The third kappa shape index (κ3) is 2.51. The zero-order chi connectivity index (χ0) is 13.2. The Morgan fingerprint density at radius 1 is 1.37 bits per heavy atom. The minimum absolute atomic E-state index is 0.568. The van der Waals surface area contributed by atoms with Crippen molar-refractivity contribution in [3.05, 3.63) is 10.6 Å². The van der Waals surface area contributed by atoms with Crippen LogP contribution in [-0.2, 0) is 17.9 Å². The average molecular weight is 281 g/mol. The second-order valence-electron chi connectivity index (χ2n) is 5.60. The fourth-order valence-electron chi connectivity index (χ4n) is 3.59. The highest BCUT2D eigenvalue weighted by Crippen LogP contribution is 2.40. The smallest absolute Gasteiger partial charge is 0.186 e. The van der Waals surface area contributed by atoms with Crippen LogP contribution in [0.2, 0.25) is 0 Å². The quantitative estimate of drug-likeness (QED) is 0.921. The molecule has 2 heterocycles. The SMILES string of the molecule is COCc1nc(N2CCCC3CCCC32)sc1CN. The van der Waals surface area contributed by atoms with Gasteiger partial charge < -0.3 is 15.4 Å². The van der Waals surface area contributed by atoms with Crippen LogP contribution in [0.3, 0.4) is 0 Å². The molecular formula is C14H23N3OS. The number of methoxy groups -OCH3 is 1. The number of nitrogens with zero attached hydrogens (tertiary/aromatic N) is 2. The maximum absolute atomic E-state index is 5.83. The summed E-state index contributed by atoms with van der Waals surface area (Å²) in [4.78, 5) is 8.52. The van der Waals surface area contributed by atoms with Gasteiger partial charge in [-0.25, -0.2) is 4.98 Å².